The summed E-state index contributed by atoms with van der Waals surface area (Å²) in [6, 6.07) is 7.17. The van der Waals surface area contributed by atoms with Gasteiger partial charge in [0.25, 0.3) is 0 Å². The Morgan fingerprint density at radius 1 is 1.20 bits per heavy atom. The summed E-state index contributed by atoms with van der Waals surface area (Å²) in [5, 5.41) is 9.55. The molecule has 0 saturated carbocycles. The van der Waals surface area contributed by atoms with Crippen LogP contribution in [0.5, 0.6) is 0 Å². The van der Waals surface area contributed by atoms with E-state index in [1.165, 1.54) is 0 Å². The second-order valence-electron chi connectivity index (χ2n) is 3.70. The number of halogens is 1. The summed E-state index contributed by atoms with van der Waals surface area (Å²) in [5.41, 5.74) is 7.78. The Bertz CT molecular complexity index is 334. The highest BCUT2D eigenvalue weighted by atomic mass is 35.5. The molecule has 3 N–H and O–H groups in total. The fraction of sp³-hybridized carbons (Fsp3) is 0.364. The normalized spacial score (nSPS) is 25.1. The fourth-order valence-corrected chi connectivity index (χ4v) is 1.85. The van der Waals surface area contributed by atoms with Gasteiger partial charge in [-0.3, -0.25) is 4.79 Å². The SMILES string of the molecule is Cl.N[C@H]1Cc2ccccc2C[C@@H](O)C1=O. The second kappa shape index (κ2) is 4.75. The highest BCUT2D eigenvalue weighted by Gasteiger charge is 2.27. The number of fused-ring (bicyclic) bond motifs is 1. The molecular weight excluding hydrogens is 214 g/mol. The van der Waals surface area contributed by atoms with Crippen molar-refractivity contribution in [2.75, 3.05) is 0 Å². The van der Waals surface area contributed by atoms with Crippen LogP contribution in [0.3, 0.4) is 0 Å². The Balaban J connectivity index is 0.00000112. The molecule has 0 aliphatic heterocycles. The van der Waals surface area contributed by atoms with Gasteiger partial charge < -0.3 is 10.8 Å². The van der Waals surface area contributed by atoms with E-state index in [1.807, 2.05) is 24.3 Å². The summed E-state index contributed by atoms with van der Waals surface area (Å²) >= 11 is 0. The highest BCUT2D eigenvalue weighted by Crippen LogP contribution is 2.18. The molecule has 0 amide bonds. The van der Waals surface area contributed by atoms with Crippen LogP contribution in [0.4, 0.5) is 0 Å². The van der Waals surface area contributed by atoms with Crippen molar-refractivity contribution in [3.63, 3.8) is 0 Å². The number of ketones is 1. The molecule has 2 atom stereocenters. The van der Waals surface area contributed by atoms with E-state index >= 15 is 0 Å². The Morgan fingerprint density at radius 3 is 2.33 bits per heavy atom. The van der Waals surface area contributed by atoms with Crippen LogP contribution in [0.2, 0.25) is 0 Å². The van der Waals surface area contributed by atoms with Crippen LogP contribution in [-0.4, -0.2) is 23.0 Å². The molecule has 0 radical (unpaired) electrons. The number of aliphatic hydroxyl groups excluding tert-OH is 1. The van der Waals surface area contributed by atoms with Crippen molar-refractivity contribution in [1.29, 1.82) is 0 Å². The molecule has 0 bridgehead atoms. The zero-order valence-electron chi connectivity index (χ0n) is 8.22. The Labute approximate surface area is 94.7 Å². The molecule has 2 rings (SSSR count). The maximum Gasteiger partial charge on any atom is 0.178 e. The smallest absolute Gasteiger partial charge is 0.178 e. The number of nitrogens with two attached hydrogens (primary N) is 1. The minimum atomic E-state index is -0.936. The number of aliphatic hydroxyl groups is 1. The lowest BCUT2D eigenvalue weighted by Gasteiger charge is -2.08. The van der Waals surface area contributed by atoms with E-state index < -0.39 is 12.1 Å². The number of hydrogen-bond acceptors (Lipinski definition) is 3. The fourth-order valence-electron chi connectivity index (χ4n) is 1.85. The molecule has 0 saturated heterocycles. The third kappa shape index (κ3) is 2.37. The maximum atomic E-state index is 11.4. The van der Waals surface area contributed by atoms with Crippen LogP contribution in [0.15, 0.2) is 24.3 Å². The first-order valence-corrected chi connectivity index (χ1v) is 4.72. The highest BCUT2D eigenvalue weighted by molar-refractivity contribution is 5.89. The quantitative estimate of drug-likeness (QED) is 0.634. The van der Waals surface area contributed by atoms with Crippen molar-refractivity contribution in [3.8, 4) is 0 Å². The third-order valence-electron chi connectivity index (χ3n) is 2.67. The number of Topliss-reactive ketones (excluding diaryl/α,β-unsaturated/α-hetero) is 1. The van der Waals surface area contributed by atoms with E-state index in [9.17, 15) is 9.90 Å². The molecule has 1 aromatic rings. The number of carbonyl (C=O) groups excluding carboxylic acids is 1. The van der Waals surface area contributed by atoms with E-state index in [2.05, 4.69) is 0 Å². The average Bonchev–Trinajstić information content (AvgIpc) is 2.28. The molecule has 1 aliphatic rings. The monoisotopic (exact) mass is 227 g/mol. The molecule has 0 heterocycles. The molecule has 3 nitrogen and oxygen atoms in total. The largest absolute Gasteiger partial charge is 0.385 e. The minimum Gasteiger partial charge on any atom is -0.385 e. The van der Waals surface area contributed by atoms with Crippen LogP contribution in [0, 0.1) is 0 Å². The van der Waals surface area contributed by atoms with Gasteiger partial charge in [0.15, 0.2) is 5.78 Å². The van der Waals surface area contributed by atoms with Crippen molar-refractivity contribution in [3.05, 3.63) is 35.4 Å². The molecule has 1 aromatic carbocycles. The van der Waals surface area contributed by atoms with Gasteiger partial charge in [0.05, 0.1) is 6.04 Å². The first-order valence-electron chi connectivity index (χ1n) is 4.72. The van der Waals surface area contributed by atoms with Crippen LogP contribution in [0.25, 0.3) is 0 Å². The number of rotatable bonds is 0. The van der Waals surface area contributed by atoms with E-state index in [4.69, 9.17) is 5.73 Å². The lowest BCUT2D eigenvalue weighted by atomic mass is 10.0. The van der Waals surface area contributed by atoms with Gasteiger partial charge in [0, 0.05) is 6.42 Å². The second-order valence-corrected chi connectivity index (χ2v) is 3.70. The summed E-state index contributed by atoms with van der Waals surface area (Å²) in [6.45, 7) is 0. The van der Waals surface area contributed by atoms with Gasteiger partial charge in [-0.2, -0.15) is 0 Å². The summed E-state index contributed by atoms with van der Waals surface area (Å²) < 4.78 is 0. The van der Waals surface area contributed by atoms with Crippen LogP contribution >= 0.6 is 12.4 Å². The van der Waals surface area contributed by atoms with Crippen LogP contribution in [-0.2, 0) is 17.6 Å². The van der Waals surface area contributed by atoms with Gasteiger partial charge in [-0.25, -0.2) is 0 Å². The standard InChI is InChI=1S/C11H13NO2.ClH/c12-9-5-7-3-1-2-4-8(7)6-10(13)11(9)14;/h1-4,9-10,13H,5-6,12H2;1H/t9-,10+;/m0./s1. The first kappa shape index (κ1) is 12.2. The van der Waals surface area contributed by atoms with Crippen LogP contribution in [0.1, 0.15) is 11.1 Å². The van der Waals surface area contributed by atoms with Crippen molar-refractivity contribution in [2.45, 2.75) is 25.0 Å². The van der Waals surface area contributed by atoms with E-state index in [1.54, 1.807) is 0 Å². The summed E-state index contributed by atoms with van der Waals surface area (Å²) in [7, 11) is 0. The lowest BCUT2D eigenvalue weighted by molar-refractivity contribution is -0.128. The topological polar surface area (TPSA) is 63.3 Å². The van der Waals surface area contributed by atoms with Crippen molar-refractivity contribution in [1.82, 2.24) is 0 Å². The van der Waals surface area contributed by atoms with Gasteiger partial charge >= 0.3 is 0 Å². The Kier molecular flexibility index (Phi) is 3.85. The van der Waals surface area contributed by atoms with E-state index in [0.717, 1.165) is 11.1 Å². The molecule has 82 valence electrons. The van der Waals surface area contributed by atoms with Gasteiger partial charge in [0.1, 0.15) is 6.10 Å². The summed E-state index contributed by atoms with van der Waals surface area (Å²) in [4.78, 5) is 11.4. The van der Waals surface area contributed by atoms with Crippen molar-refractivity contribution < 1.29 is 9.90 Å². The molecule has 0 unspecified atom stereocenters. The summed E-state index contributed by atoms with van der Waals surface area (Å²) in [5.74, 6) is -0.249. The predicted molar refractivity (Wildman–Crippen MR) is 60.1 cm³/mol. The third-order valence-corrected chi connectivity index (χ3v) is 2.67. The zero-order valence-corrected chi connectivity index (χ0v) is 9.04. The van der Waals surface area contributed by atoms with Crippen LogP contribution < -0.4 is 5.73 Å². The van der Waals surface area contributed by atoms with Gasteiger partial charge in [-0.05, 0) is 17.5 Å². The molecule has 4 heteroatoms. The lowest BCUT2D eigenvalue weighted by Crippen LogP contribution is -2.38. The summed E-state index contributed by atoms with van der Waals surface area (Å²) in [6.07, 6.45) is -0.0111. The molecular formula is C11H14ClNO2. The number of hydrogen-bond donors (Lipinski definition) is 2. The molecule has 1 aliphatic carbocycles. The average molecular weight is 228 g/mol. The molecule has 0 spiro atoms. The van der Waals surface area contributed by atoms with Gasteiger partial charge in [0.2, 0.25) is 0 Å². The number of carbonyl (C=O) groups is 1. The number of benzene rings is 1. The molecule has 0 fully saturated rings. The van der Waals surface area contributed by atoms with Crippen molar-refractivity contribution in [2.24, 2.45) is 5.73 Å². The predicted octanol–water partition coefficient (Wildman–Crippen LogP) is 0.464. The van der Waals surface area contributed by atoms with E-state index in [-0.39, 0.29) is 18.2 Å². The Hall–Kier alpha value is -0.900. The molecule has 15 heavy (non-hydrogen) atoms. The van der Waals surface area contributed by atoms with E-state index in [0.29, 0.717) is 12.8 Å². The maximum absolute atomic E-state index is 11.4. The first-order chi connectivity index (χ1) is 6.68. The van der Waals surface area contributed by atoms with Gasteiger partial charge in [-0.15, -0.1) is 12.4 Å². The molecule has 0 aromatic heterocycles. The van der Waals surface area contributed by atoms with Gasteiger partial charge in [-0.1, -0.05) is 24.3 Å². The zero-order chi connectivity index (χ0) is 10.1. The van der Waals surface area contributed by atoms with Crippen molar-refractivity contribution >= 4 is 18.2 Å². The minimum absolute atomic E-state index is 0. The Morgan fingerprint density at radius 2 is 1.73 bits per heavy atom.